The van der Waals surface area contributed by atoms with E-state index in [0.717, 1.165) is 35.8 Å². The summed E-state index contributed by atoms with van der Waals surface area (Å²) in [7, 11) is 1.84. The van der Waals surface area contributed by atoms with Crippen molar-refractivity contribution in [3.05, 3.63) is 33.6 Å². The molecule has 1 N–H and O–H groups in total. The van der Waals surface area contributed by atoms with Gasteiger partial charge in [0.1, 0.15) is 0 Å². The van der Waals surface area contributed by atoms with Gasteiger partial charge in [-0.25, -0.2) is 9.78 Å². The summed E-state index contributed by atoms with van der Waals surface area (Å²) in [5, 5.41) is 7.63. The van der Waals surface area contributed by atoms with E-state index in [1.165, 1.54) is 5.00 Å². The number of carbonyl (C=O) groups excluding carboxylic acids is 1. The summed E-state index contributed by atoms with van der Waals surface area (Å²) in [6.45, 7) is 4.60. The molecule has 2 aromatic rings. The van der Waals surface area contributed by atoms with Gasteiger partial charge in [0.05, 0.1) is 16.6 Å². The van der Waals surface area contributed by atoms with Gasteiger partial charge in [-0.05, 0) is 37.3 Å². The molecular weight excluding hydrogens is 328 g/mol. The van der Waals surface area contributed by atoms with Crippen LogP contribution in [0, 0.1) is 6.92 Å². The fourth-order valence-electron chi connectivity index (χ4n) is 2.76. The molecule has 0 radical (unpaired) electrons. The van der Waals surface area contributed by atoms with Crippen LogP contribution >= 0.6 is 22.7 Å². The number of anilines is 1. The van der Waals surface area contributed by atoms with Crippen molar-refractivity contribution in [2.45, 2.75) is 32.4 Å². The second kappa shape index (κ2) is 7.31. The number of aryl methyl sites for hydroxylation is 1. The molecule has 23 heavy (non-hydrogen) atoms. The fraction of sp³-hybridized carbons (Fsp3) is 0.500. The summed E-state index contributed by atoms with van der Waals surface area (Å²) in [4.78, 5) is 21.8. The lowest BCUT2D eigenvalue weighted by atomic mass is 10.1. The standard InChI is InChI=1S/C16H22N4OS2/c1-12-17-10-14(23-12)11-19(2)16(21)18-13-5-7-20(8-6-13)15-4-3-9-22-15/h3-4,9-10,13H,5-8,11H2,1-2H3,(H,18,21). The second-order valence-corrected chi connectivity index (χ2v) is 8.11. The second-order valence-electron chi connectivity index (χ2n) is 5.86. The average molecular weight is 351 g/mol. The number of thiazole rings is 1. The monoisotopic (exact) mass is 350 g/mol. The number of carbonyl (C=O) groups is 1. The molecule has 1 saturated heterocycles. The topological polar surface area (TPSA) is 48.5 Å². The Bertz CT molecular complexity index is 632. The van der Waals surface area contributed by atoms with E-state index < -0.39 is 0 Å². The van der Waals surface area contributed by atoms with E-state index in [1.807, 2.05) is 20.2 Å². The highest BCUT2D eigenvalue weighted by Gasteiger charge is 2.22. The highest BCUT2D eigenvalue weighted by molar-refractivity contribution is 7.14. The van der Waals surface area contributed by atoms with Gasteiger partial charge in [-0.3, -0.25) is 0 Å². The van der Waals surface area contributed by atoms with Crippen molar-refractivity contribution in [1.29, 1.82) is 0 Å². The third kappa shape index (κ3) is 4.23. The molecule has 3 rings (SSSR count). The van der Waals surface area contributed by atoms with Crippen molar-refractivity contribution < 1.29 is 4.79 Å². The van der Waals surface area contributed by atoms with E-state index in [0.29, 0.717) is 6.54 Å². The van der Waals surface area contributed by atoms with Crippen molar-refractivity contribution >= 4 is 33.7 Å². The van der Waals surface area contributed by atoms with Crippen LogP contribution in [0.25, 0.3) is 0 Å². The van der Waals surface area contributed by atoms with E-state index in [-0.39, 0.29) is 12.1 Å². The van der Waals surface area contributed by atoms with Crippen LogP contribution in [0.3, 0.4) is 0 Å². The maximum atomic E-state index is 12.3. The number of nitrogens with one attached hydrogen (secondary N) is 1. The lowest BCUT2D eigenvalue weighted by Crippen LogP contribution is -2.48. The lowest BCUT2D eigenvalue weighted by molar-refractivity contribution is 0.200. The maximum absolute atomic E-state index is 12.3. The molecule has 1 aliphatic heterocycles. The van der Waals surface area contributed by atoms with Gasteiger partial charge in [-0.1, -0.05) is 0 Å². The van der Waals surface area contributed by atoms with Gasteiger partial charge in [-0.15, -0.1) is 22.7 Å². The minimum Gasteiger partial charge on any atom is -0.363 e. The number of hydrogen-bond acceptors (Lipinski definition) is 5. The molecule has 5 nitrogen and oxygen atoms in total. The molecule has 0 saturated carbocycles. The highest BCUT2D eigenvalue weighted by Crippen LogP contribution is 2.24. The molecule has 0 unspecified atom stereocenters. The van der Waals surface area contributed by atoms with E-state index in [1.54, 1.807) is 27.6 Å². The zero-order valence-electron chi connectivity index (χ0n) is 13.5. The van der Waals surface area contributed by atoms with Crippen LogP contribution in [-0.4, -0.2) is 42.1 Å². The van der Waals surface area contributed by atoms with Crippen LogP contribution in [0.15, 0.2) is 23.7 Å². The molecule has 0 spiro atoms. The summed E-state index contributed by atoms with van der Waals surface area (Å²) >= 11 is 3.42. The molecule has 2 aromatic heterocycles. The minimum absolute atomic E-state index is 0.00521. The first-order valence-corrected chi connectivity index (χ1v) is 9.53. The summed E-state index contributed by atoms with van der Waals surface area (Å²) in [6, 6.07) is 4.52. The van der Waals surface area contributed by atoms with Gasteiger partial charge in [0.15, 0.2) is 0 Å². The number of urea groups is 1. The number of hydrogen-bond donors (Lipinski definition) is 1. The van der Waals surface area contributed by atoms with Crippen LogP contribution in [0.5, 0.6) is 0 Å². The van der Waals surface area contributed by atoms with Gasteiger partial charge in [-0.2, -0.15) is 0 Å². The molecule has 1 fully saturated rings. The molecule has 7 heteroatoms. The highest BCUT2D eigenvalue weighted by atomic mass is 32.1. The third-order valence-corrected chi connectivity index (χ3v) is 5.88. The van der Waals surface area contributed by atoms with Crippen molar-refractivity contribution in [2.75, 3.05) is 25.0 Å². The SMILES string of the molecule is Cc1ncc(CN(C)C(=O)NC2CCN(c3cccs3)CC2)s1. The first kappa shape index (κ1) is 16.3. The zero-order valence-corrected chi connectivity index (χ0v) is 15.1. The number of amides is 2. The summed E-state index contributed by atoms with van der Waals surface area (Å²) in [5.74, 6) is 0. The first-order chi connectivity index (χ1) is 11.1. The smallest absolute Gasteiger partial charge is 0.317 e. The minimum atomic E-state index is 0.00521. The van der Waals surface area contributed by atoms with Gasteiger partial charge >= 0.3 is 6.03 Å². The van der Waals surface area contributed by atoms with Crippen molar-refractivity contribution in [3.8, 4) is 0 Å². The largest absolute Gasteiger partial charge is 0.363 e. The molecule has 124 valence electrons. The summed E-state index contributed by atoms with van der Waals surface area (Å²) in [6.07, 6.45) is 3.84. The average Bonchev–Trinajstić information content (AvgIpc) is 3.20. The molecule has 0 bridgehead atoms. The number of nitrogens with zero attached hydrogens (tertiary/aromatic N) is 3. The Morgan fingerprint density at radius 3 is 2.87 bits per heavy atom. The Hall–Kier alpha value is -1.60. The fourth-order valence-corrected chi connectivity index (χ4v) is 4.40. The Morgan fingerprint density at radius 2 is 2.26 bits per heavy atom. The van der Waals surface area contributed by atoms with Gasteiger partial charge < -0.3 is 15.1 Å². The number of aromatic nitrogens is 1. The van der Waals surface area contributed by atoms with Crippen molar-refractivity contribution in [1.82, 2.24) is 15.2 Å². The van der Waals surface area contributed by atoms with Crippen LogP contribution in [0.1, 0.15) is 22.7 Å². The molecule has 0 atom stereocenters. The molecule has 3 heterocycles. The Kier molecular flexibility index (Phi) is 5.17. The Morgan fingerprint density at radius 1 is 1.48 bits per heavy atom. The van der Waals surface area contributed by atoms with Crippen molar-refractivity contribution in [3.63, 3.8) is 0 Å². The van der Waals surface area contributed by atoms with Gasteiger partial charge in [0, 0.05) is 37.3 Å². The predicted octanol–water partition coefficient (Wildman–Crippen LogP) is 3.32. The van der Waals surface area contributed by atoms with E-state index in [4.69, 9.17) is 0 Å². The maximum Gasteiger partial charge on any atom is 0.317 e. The van der Waals surface area contributed by atoms with Crippen LogP contribution < -0.4 is 10.2 Å². The Balaban J connectivity index is 1.45. The summed E-state index contributed by atoms with van der Waals surface area (Å²) in [5.41, 5.74) is 0. The van der Waals surface area contributed by atoms with Gasteiger partial charge in [0.25, 0.3) is 0 Å². The third-order valence-electron chi connectivity index (χ3n) is 4.05. The van der Waals surface area contributed by atoms with Crippen LogP contribution in [0.2, 0.25) is 0 Å². The predicted molar refractivity (Wildman–Crippen MR) is 96.4 cm³/mol. The number of thiophene rings is 1. The molecular formula is C16H22N4OS2. The lowest BCUT2D eigenvalue weighted by Gasteiger charge is -2.33. The van der Waals surface area contributed by atoms with Crippen molar-refractivity contribution in [2.24, 2.45) is 0 Å². The molecule has 0 aromatic carbocycles. The van der Waals surface area contributed by atoms with E-state index in [9.17, 15) is 4.79 Å². The van der Waals surface area contributed by atoms with Crippen LogP contribution in [-0.2, 0) is 6.54 Å². The molecule has 1 aliphatic rings. The van der Waals surface area contributed by atoms with E-state index in [2.05, 4.69) is 32.7 Å². The molecule has 2 amide bonds. The number of piperidine rings is 1. The number of rotatable bonds is 4. The van der Waals surface area contributed by atoms with Gasteiger partial charge in [0.2, 0.25) is 0 Å². The Labute approximate surface area is 144 Å². The molecule has 0 aliphatic carbocycles. The quantitative estimate of drug-likeness (QED) is 0.920. The zero-order chi connectivity index (χ0) is 16.2. The van der Waals surface area contributed by atoms with E-state index >= 15 is 0 Å². The first-order valence-electron chi connectivity index (χ1n) is 7.83. The van der Waals surface area contributed by atoms with Crippen LogP contribution in [0.4, 0.5) is 9.80 Å². The summed E-state index contributed by atoms with van der Waals surface area (Å²) < 4.78 is 0. The normalized spacial score (nSPS) is 15.7.